The summed E-state index contributed by atoms with van der Waals surface area (Å²) >= 11 is 0. The second-order valence-corrected chi connectivity index (χ2v) is 6.54. The van der Waals surface area contributed by atoms with Gasteiger partial charge in [-0.3, -0.25) is 4.79 Å². The van der Waals surface area contributed by atoms with Gasteiger partial charge in [-0.25, -0.2) is 4.79 Å². The molecule has 0 aromatic carbocycles. The minimum atomic E-state index is -0.834. The number of carbonyl (C=O) groups is 2. The van der Waals surface area contributed by atoms with Crippen molar-refractivity contribution in [2.75, 3.05) is 26.3 Å². The number of ether oxygens (including phenoxy) is 1. The highest BCUT2D eigenvalue weighted by Gasteiger charge is 2.40. The van der Waals surface area contributed by atoms with Gasteiger partial charge in [0.25, 0.3) is 0 Å². The lowest BCUT2D eigenvalue weighted by Gasteiger charge is -2.41. The van der Waals surface area contributed by atoms with Crippen LogP contribution in [0.4, 0.5) is 4.79 Å². The topological polar surface area (TPSA) is 78.9 Å². The Labute approximate surface area is 119 Å². The summed E-state index contributed by atoms with van der Waals surface area (Å²) in [7, 11) is 0. The number of aliphatic carboxylic acids is 1. The van der Waals surface area contributed by atoms with Gasteiger partial charge in [-0.2, -0.15) is 0 Å². The van der Waals surface area contributed by atoms with E-state index in [2.05, 4.69) is 5.32 Å². The molecule has 2 amide bonds. The zero-order chi connectivity index (χ0) is 14.8. The van der Waals surface area contributed by atoms with Crippen LogP contribution in [0, 0.1) is 5.41 Å². The lowest BCUT2D eigenvalue weighted by molar-refractivity contribution is -0.150. The fourth-order valence-electron chi connectivity index (χ4n) is 2.96. The number of hydrogen-bond acceptors (Lipinski definition) is 3. The van der Waals surface area contributed by atoms with E-state index in [9.17, 15) is 14.7 Å². The summed E-state index contributed by atoms with van der Waals surface area (Å²) in [4.78, 5) is 25.3. The first kappa shape index (κ1) is 15.1. The van der Waals surface area contributed by atoms with Gasteiger partial charge < -0.3 is 20.1 Å². The Balaban J connectivity index is 1.96. The molecule has 0 saturated carbocycles. The number of carboxylic acid groups (broad SMARTS) is 1. The van der Waals surface area contributed by atoms with Gasteiger partial charge in [0.15, 0.2) is 0 Å². The van der Waals surface area contributed by atoms with Gasteiger partial charge in [0, 0.05) is 19.7 Å². The van der Waals surface area contributed by atoms with Crippen LogP contribution in [0.2, 0.25) is 0 Å². The molecule has 2 aliphatic heterocycles. The molecule has 114 valence electrons. The first-order chi connectivity index (χ1) is 9.35. The number of hydrogen-bond donors (Lipinski definition) is 2. The van der Waals surface area contributed by atoms with Crippen LogP contribution in [0.25, 0.3) is 0 Å². The van der Waals surface area contributed by atoms with Gasteiger partial charge in [0.2, 0.25) is 0 Å². The van der Waals surface area contributed by atoms with Gasteiger partial charge >= 0.3 is 12.0 Å². The monoisotopic (exact) mass is 284 g/mol. The first-order valence-corrected chi connectivity index (χ1v) is 7.23. The maximum Gasteiger partial charge on any atom is 0.317 e. The SMILES string of the molecule is CC1(NC(=O)N2CCCC(C)(C(=O)O)C2)CCCOC1. The number of carbonyl (C=O) groups excluding carboxylic acids is 1. The van der Waals surface area contributed by atoms with Crippen molar-refractivity contribution in [3.63, 3.8) is 0 Å². The Hall–Kier alpha value is -1.30. The molecule has 2 unspecified atom stereocenters. The molecular formula is C14H24N2O4. The quantitative estimate of drug-likeness (QED) is 0.804. The van der Waals surface area contributed by atoms with Gasteiger partial charge in [0.1, 0.15) is 0 Å². The number of urea groups is 1. The predicted octanol–water partition coefficient (Wildman–Crippen LogP) is 1.45. The van der Waals surface area contributed by atoms with Crippen molar-refractivity contribution >= 4 is 12.0 Å². The zero-order valence-corrected chi connectivity index (χ0v) is 12.3. The first-order valence-electron chi connectivity index (χ1n) is 7.23. The summed E-state index contributed by atoms with van der Waals surface area (Å²) in [6.07, 6.45) is 3.17. The normalized spacial score (nSPS) is 34.6. The fraction of sp³-hybridized carbons (Fsp3) is 0.857. The van der Waals surface area contributed by atoms with E-state index in [0.29, 0.717) is 19.6 Å². The molecule has 0 aliphatic carbocycles. The second-order valence-electron chi connectivity index (χ2n) is 6.54. The smallest absolute Gasteiger partial charge is 0.317 e. The number of rotatable bonds is 2. The standard InChI is InChI=1S/C14H24N2O4/c1-13(11(17)18)5-3-7-16(9-13)12(19)15-14(2)6-4-8-20-10-14/h3-10H2,1-2H3,(H,15,19)(H,17,18). The number of likely N-dealkylation sites (tertiary alicyclic amines) is 1. The highest BCUT2D eigenvalue weighted by molar-refractivity contribution is 5.79. The summed E-state index contributed by atoms with van der Waals surface area (Å²) in [6, 6.07) is -0.176. The van der Waals surface area contributed by atoms with Gasteiger partial charge in [-0.15, -0.1) is 0 Å². The molecule has 2 aliphatic rings. The molecular weight excluding hydrogens is 260 g/mol. The fourth-order valence-corrected chi connectivity index (χ4v) is 2.96. The molecule has 2 fully saturated rings. The van der Waals surface area contributed by atoms with E-state index in [1.807, 2.05) is 6.92 Å². The lowest BCUT2D eigenvalue weighted by atomic mass is 9.82. The molecule has 0 bridgehead atoms. The van der Waals surface area contributed by atoms with Crippen LogP contribution in [0.5, 0.6) is 0 Å². The van der Waals surface area contributed by atoms with Crippen molar-refractivity contribution < 1.29 is 19.4 Å². The van der Waals surface area contributed by atoms with Crippen molar-refractivity contribution in [2.24, 2.45) is 5.41 Å². The van der Waals surface area contributed by atoms with Crippen LogP contribution in [0.1, 0.15) is 39.5 Å². The van der Waals surface area contributed by atoms with E-state index in [1.165, 1.54) is 0 Å². The van der Waals surface area contributed by atoms with E-state index in [1.54, 1.807) is 11.8 Å². The maximum atomic E-state index is 12.3. The largest absolute Gasteiger partial charge is 0.481 e. The Morgan fingerprint density at radius 2 is 2.00 bits per heavy atom. The van der Waals surface area contributed by atoms with Crippen LogP contribution in [0.3, 0.4) is 0 Å². The van der Waals surface area contributed by atoms with Gasteiger partial charge in [0.05, 0.1) is 17.6 Å². The van der Waals surface area contributed by atoms with Crippen LogP contribution < -0.4 is 5.32 Å². The van der Waals surface area contributed by atoms with E-state index in [4.69, 9.17) is 4.74 Å². The van der Waals surface area contributed by atoms with Crippen LogP contribution in [-0.2, 0) is 9.53 Å². The predicted molar refractivity (Wildman–Crippen MR) is 73.5 cm³/mol. The number of amides is 2. The summed E-state index contributed by atoms with van der Waals surface area (Å²) < 4.78 is 5.43. The minimum absolute atomic E-state index is 0.176. The minimum Gasteiger partial charge on any atom is -0.481 e. The average molecular weight is 284 g/mol. The van der Waals surface area contributed by atoms with Crippen molar-refractivity contribution in [2.45, 2.75) is 45.1 Å². The molecule has 2 saturated heterocycles. The number of piperidine rings is 1. The van der Waals surface area contributed by atoms with Crippen molar-refractivity contribution in [1.29, 1.82) is 0 Å². The molecule has 0 radical (unpaired) electrons. The molecule has 2 atom stereocenters. The highest BCUT2D eigenvalue weighted by atomic mass is 16.5. The molecule has 2 heterocycles. The molecule has 0 aromatic rings. The molecule has 6 heteroatoms. The molecule has 20 heavy (non-hydrogen) atoms. The van der Waals surface area contributed by atoms with E-state index < -0.39 is 11.4 Å². The number of nitrogens with one attached hydrogen (secondary N) is 1. The van der Waals surface area contributed by atoms with Crippen molar-refractivity contribution in [3.8, 4) is 0 Å². The highest BCUT2D eigenvalue weighted by Crippen LogP contribution is 2.30. The Morgan fingerprint density at radius 3 is 2.60 bits per heavy atom. The molecule has 6 nitrogen and oxygen atoms in total. The maximum absolute atomic E-state index is 12.3. The van der Waals surface area contributed by atoms with Gasteiger partial charge in [-0.05, 0) is 39.5 Å². The Morgan fingerprint density at radius 1 is 1.25 bits per heavy atom. The third-order valence-electron chi connectivity index (χ3n) is 4.35. The van der Waals surface area contributed by atoms with Crippen molar-refractivity contribution in [1.82, 2.24) is 10.2 Å². The van der Waals surface area contributed by atoms with E-state index in [-0.39, 0.29) is 18.1 Å². The molecule has 0 spiro atoms. The summed E-state index contributed by atoms with van der Waals surface area (Å²) in [6.45, 7) is 5.83. The molecule has 0 aromatic heterocycles. The average Bonchev–Trinajstić information content (AvgIpc) is 2.39. The van der Waals surface area contributed by atoms with E-state index in [0.717, 1.165) is 25.9 Å². The Bertz CT molecular complexity index is 393. The molecule has 2 rings (SSSR count). The number of carboxylic acids is 1. The lowest BCUT2D eigenvalue weighted by Crippen LogP contribution is -2.58. The summed E-state index contributed by atoms with van der Waals surface area (Å²) in [5.41, 5.74) is -1.17. The van der Waals surface area contributed by atoms with Gasteiger partial charge in [-0.1, -0.05) is 0 Å². The van der Waals surface area contributed by atoms with Crippen LogP contribution in [-0.4, -0.2) is 53.8 Å². The molecule has 2 N–H and O–H groups in total. The Kier molecular flexibility index (Phi) is 4.22. The third-order valence-corrected chi connectivity index (χ3v) is 4.35. The summed E-state index contributed by atoms with van der Waals surface area (Å²) in [5.74, 6) is -0.831. The van der Waals surface area contributed by atoms with E-state index >= 15 is 0 Å². The number of nitrogens with zero attached hydrogens (tertiary/aromatic N) is 1. The zero-order valence-electron chi connectivity index (χ0n) is 12.3. The third kappa shape index (κ3) is 3.23. The summed E-state index contributed by atoms with van der Waals surface area (Å²) in [5, 5.41) is 12.3. The second kappa shape index (κ2) is 5.60. The van der Waals surface area contributed by atoms with Crippen LogP contribution in [0.15, 0.2) is 0 Å². The van der Waals surface area contributed by atoms with Crippen LogP contribution >= 0.6 is 0 Å². The van der Waals surface area contributed by atoms with Crippen molar-refractivity contribution in [3.05, 3.63) is 0 Å².